The van der Waals surface area contributed by atoms with Gasteiger partial charge in [-0.05, 0) is 31.0 Å². The zero-order chi connectivity index (χ0) is 10.0. The number of alkyl halides is 2. The fourth-order valence-electron chi connectivity index (χ4n) is 1.14. The first kappa shape index (κ1) is 9.90. The standard InChI is InChI=1S/C11H12F2/c1-7(2)9-5-4-8(3)10(6-9)11(12)13/h4-6,11H,1H2,2-3H3. The van der Waals surface area contributed by atoms with Crippen molar-refractivity contribution in [2.75, 3.05) is 0 Å². The molecule has 0 spiro atoms. The van der Waals surface area contributed by atoms with Crippen molar-refractivity contribution < 1.29 is 8.78 Å². The lowest BCUT2D eigenvalue weighted by atomic mass is 10.0. The average Bonchev–Trinajstić information content (AvgIpc) is 2.04. The van der Waals surface area contributed by atoms with Crippen LogP contribution < -0.4 is 0 Å². The Morgan fingerprint density at radius 2 is 2.00 bits per heavy atom. The lowest BCUT2D eigenvalue weighted by Crippen LogP contribution is -1.91. The van der Waals surface area contributed by atoms with Crippen molar-refractivity contribution in [1.82, 2.24) is 0 Å². The molecule has 0 aliphatic carbocycles. The van der Waals surface area contributed by atoms with E-state index in [2.05, 4.69) is 6.58 Å². The van der Waals surface area contributed by atoms with Gasteiger partial charge in [-0.3, -0.25) is 0 Å². The van der Waals surface area contributed by atoms with E-state index in [9.17, 15) is 8.78 Å². The highest BCUT2D eigenvalue weighted by Crippen LogP contribution is 2.25. The molecule has 0 aliphatic heterocycles. The Balaban J connectivity index is 3.19. The third-order valence-electron chi connectivity index (χ3n) is 2.01. The van der Waals surface area contributed by atoms with Crippen LogP contribution in [0.1, 0.15) is 30.0 Å². The minimum atomic E-state index is -2.40. The molecule has 0 N–H and O–H groups in total. The lowest BCUT2D eigenvalue weighted by Gasteiger charge is -2.07. The van der Waals surface area contributed by atoms with Crippen molar-refractivity contribution in [3.05, 3.63) is 41.5 Å². The smallest absolute Gasteiger partial charge is 0.205 e. The van der Waals surface area contributed by atoms with Crippen LogP contribution in [0.4, 0.5) is 8.78 Å². The van der Waals surface area contributed by atoms with E-state index in [0.717, 1.165) is 11.1 Å². The monoisotopic (exact) mass is 182 g/mol. The van der Waals surface area contributed by atoms with Crippen molar-refractivity contribution in [2.24, 2.45) is 0 Å². The molecule has 2 heteroatoms. The van der Waals surface area contributed by atoms with Crippen LogP contribution in [-0.2, 0) is 0 Å². The van der Waals surface area contributed by atoms with Crippen molar-refractivity contribution in [3.8, 4) is 0 Å². The van der Waals surface area contributed by atoms with Crippen LogP contribution in [0.3, 0.4) is 0 Å². The molecule has 1 aromatic rings. The molecule has 0 unspecified atom stereocenters. The van der Waals surface area contributed by atoms with Gasteiger partial charge in [-0.25, -0.2) is 8.78 Å². The second-order valence-electron chi connectivity index (χ2n) is 3.15. The van der Waals surface area contributed by atoms with E-state index in [4.69, 9.17) is 0 Å². The molecule has 0 radical (unpaired) electrons. The molecule has 70 valence electrons. The Kier molecular flexibility index (Phi) is 2.81. The van der Waals surface area contributed by atoms with Crippen LogP contribution in [0.2, 0.25) is 0 Å². The predicted octanol–water partition coefficient (Wildman–Crippen LogP) is 3.97. The summed E-state index contributed by atoms with van der Waals surface area (Å²) < 4.78 is 24.9. The van der Waals surface area contributed by atoms with Gasteiger partial charge in [0.1, 0.15) is 0 Å². The Morgan fingerprint density at radius 3 is 2.46 bits per heavy atom. The molecule has 0 amide bonds. The zero-order valence-electron chi connectivity index (χ0n) is 7.77. The van der Waals surface area contributed by atoms with Crippen molar-refractivity contribution in [2.45, 2.75) is 20.3 Å². The van der Waals surface area contributed by atoms with Crippen LogP contribution in [0.15, 0.2) is 24.8 Å². The number of benzene rings is 1. The van der Waals surface area contributed by atoms with Gasteiger partial charge >= 0.3 is 0 Å². The highest BCUT2D eigenvalue weighted by molar-refractivity contribution is 5.62. The largest absolute Gasteiger partial charge is 0.264 e. The summed E-state index contributed by atoms with van der Waals surface area (Å²) in [5.41, 5.74) is 2.31. The molecule has 1 rings (SSSR count). The third kappa shape index (κ3) is 2.14. The van der Waals surface area contributed by atoms with Gasteiger partial charge in [0.05, 0.1) is 0 Å². The van der Waals surface area contributed by atoms with E-state index >= 15 is 0 Å². The molecule has 0 bridgehead atoms. The van der Waals surface area contributed by atoms with Gasteiger partial charge < -0.3 is 0 Å². The first-order chi connectivity index (χ1) is 6.02. The van der Waals surface area contributed by atoms with Gasteiger partial charge in [-0.15, -0.1) is 0 Å². The average molecular weight is 182 g/mol. The fourth-order valence-corrected chi connectivity index (χ4v) is 1.14. The molecule has 0 aliphatic rings. The third-order valence-corrected chi connectivity index (χ3v) is 2.01. The molecule has 13 heavy (non-hydrogen) atoms. The van der Waals surface area contributed by atoms with Crippen LogP contribution in [0.25, 0.3) is 5.57 Å². The molecule has 0 atom stereocenters. The van der Waals surface area contributed by atoms with Crippen LogP contribution >= 0.6 is 0 Å². The van der Waals surface area contributed by atoms with E-state index in [1.165, 1.54) is 6.07 Å². The molecule has 0 heterocycles. The number of hydrogen-bond acceptors (Lipinski definition) is 0. The number of halogens is 2. The van der Waals surface area contributed by atoms with E-state index in [1.807, 2.05) is 6.07 Å². The number of aryl methyl sites for hydroxylation is 1. The van der Waals surface area contributed by atoms with Crippen molar-refractivity contribution >= 4 is 5.57 Å². The first-order valence-electron chi connectivity index (χ1n) is 4.07. The Bertz CT molecular complexity index is 327. The summed E-state index contributed by atoms with van der Waals surface area (Å²) >= 11 is 0. The number of hydrogen-bond donors (Lipinski definition) is 0. The maximum atomic E-state index is 12.4. The highest BCUT2D eigenvalue weighted by atomic mass is 19.3. The molecule has 1 aromatic carbocycles. The van der Waals surface area contributed by atoms with Gasteiger partial charge in [0.15, 0.2) is 0 Å². The molecule has 0 fully saturated rings. The van der Waals surface area contributed by atoms with E-state index in [1.54, 1.807) is 19.9 Å². The summed E-state index contributed by atoms with van der Waals surface area (Å²) in [6.45, 7) is 7.20. The maximum Gasteiger partial charge on any atom is 0.264 e. The quantitative estimate of drug-likeness (QED) is 0.649. The summed E-state index contributed by atoms with van der Waals surface area (Å²) in [5, 5.41) is 0. The summed E-state index contributed by atoms with van der Waals surface area (Å²) in [5.74, 6) is 0. The van der Waals surface area contributed by atoms with Gasteiger partial charge in [-0.1, -0.05) is 24.3 Å². The summed E-state index contributed by atoms with van der Waals surface area (Å²) in [4.78, 5) is 0. The maximum absolute atomic E-state index is 12.4. The molecule has 0 nitrogen and oxygen atoms in total. The molecular formula is C11H12F2. The van der Waals surface area contributed by atoms with Crippen molar-refractivity contribution in [3.63, 3.8) is 0 Å². The molecule has 0 aromatic heterocycles. The van der Waals surface area contributed by atoms with Crippen LogP contribution in [-0.4, -0.2) is 0 Å². The lowest BCUT2D eigenvalue weighted by molar-refractivity contribution is 0.150. The van der Waals surface area contributed by atoms with Gasteiger partial charge in [0.25, 0.3) is 6.43 Å². The Labute approximate surface area is 76.9 Å². The SMILES string of the molecule is C=C(C)c1ccc(C)c(C(F)F)c1. The highest BCUT2D eigenvalue weighted by Gasteiger charge is 2.10. The minimum Gasteiger partial charge on any atom is -0.205 e. The first-order valence-corrected chi connectivity index (χ1v) is 4.07. The van der Waals surface area contributed by atoms with Crippen LogP contribution in [0.5, 0.6) is 0 Å². The van der Waals surface area contributed by atoms with Crippen molar-refractivity contribution in [1.29, 1.82) is 0 Å². The Hall–Kier alpha value is -1.18. The van der Waals surface area contributed by atoms with E-state index in [-0.39, 0.29) is 5.56 Å². The second kappa shape index (κ2) is 3.69. The number of allylic oxidation sites excluding steroid dienone is 1. The van der Waals surface area contributed by atoms with Crippen LogP contribution in [0, 0.1) is 6.92 Å². The predicted molar refractivity (Wildman–Crippen MR) is 50.8 cm³/mol. The van der Waals surface area contributed by atoms with Gasteiger partial charge in [0.2, 0.25) is 0 Å². The molecular weight excluding hydrogens is 170 g/mol. The minimum absolute atomic E-state index is 0.0977. The number of rotatable bonds is 2. The second-order valence-corrected chi connectivity index (χ2v) is 3.15. The summed E-state index contributed by atoms with van der Waals surface area (Å²) in [6, 6.07) is 5.01. The molecule has 0 saturated carbocycles. The van der Waals surface area contributed by atoms with E-state index in [0.29, 0.717) is 5.56 Å². The van der Waals surface area contributed by atoms with Gasteiger partial charge in [-0.2, -0.15) is 0 Å². The van der Waals surface area contributed by atoms with Gasteiger partial charge in [0, 0.05) is 5.56 Å². The normalized spacial score (nSPS) is 10.5. The summed E-state index contributed by atoms with van der Waals surface area (Å²) in [7, 11) is 0. The Morgan fingerprint density at radius 1 is 1.38 bits per heavy atom. The van der Waals surface area contributed by atoms with E-state index < -0.39 is 6.43 Å². The fraction of sp³-hybridized carbons (Fsp3) is 0.273. The molecule has 0 saturated heterocycles. The zero-order valence-corrected chi connectivity index (χ0v) is 7.77. The summed E-state index contributed by atoms with van der Waals surface area (Å²) in [6.07, 6.45) is -2.40. The topological polar surface area (TPSA) is 0 Å².